The van der Waals surface area contributed by atoms with E-state index in [0.29, 0.717) is 6.04 Å². The number of hydrogen-bond acceptors (Lipinski definition) is 5. The second-order valence-electron chi connectivity index (χ2n) is 5.92. The lowest BCUT2D eigenvalue weighted by Gasteiger charge is -2.33. The molecule has 0 saturated carbocycles. The Hall–Kier alpha value is -2.47. The molecule has 23 heavy (non-hydrogen) atoms. The quantitative estimate of drug-likeness (QED) is 0.772. The molecule has 2 aromatic heterocycles. The Morgan fingerprint density at radius 3 is 2.91 bits per heavy atom. The predicted molar refractivity (Wildman–Crippen MR) is 90.2 cm³/mol. The third-order valence-electron chi connectivity index (χ3n) is 4.25. The summed E-state index contributed by atoms with van der Waals surface area (Å²) in [5, 5.41) is 3.61. The topological polar surface area (TPSA) is 69.7 Å². The fraction of sp³-hybridized carbons (Fsp3) is 0.353. The first-order chi connectivity index (χ1) is 11.4. The minimum atomic E-state index is 0.431. The fourth-order valence-corrected chi connectivity index (χ4v) is 3.11. The van der Waals surface area contributed by atoms with Crippen LogP contribution < -0.4 is 10.2 Å². The molecule has 0 amide bonds. The zero-order valence-electron chi connectivity index (χ0n) is 12.9. The lowest BCUT2D eigenvalue weighted by atomic mass is 10.1. The lowest BCUT2D eigenvalue weighted by molar-refractivity contribution is 0.415. The second-order valence-corrected chi connectivity index (χ2v) is 5.92. The lowest BCUT2D eigenvalue weighted by Crippen LogP contribution is -2.46. The van der Waals surface area contributed by atoms with Gasteiger partial charge in [-0.2, -0.15) is 0 Å². The summed E-state index contributed by atoms with van der Waals surface area (Å²) in [5.41, 5.74) is 2.11. The number of imidazole rings is 1. The third-order valence-corrected chi connectivity index (χ3v) is 4.25. The van der Waals surface area contributed by atoms with Crippen molar-refractivity contribution >= 4 is 17.0 Å². The van der Waals surface area contributed by atoms with Crippen molar-refractivity contribution in [2.24, 2.45) is 0 Å². The molecule has 1 saturated heterocycles. The Labute approximate surface area is 135 Å². The zero-order chi connectivity index (χ0) is 15.5. The molecule has 3 aromatic rings. The van der Waals surface area contributed by atoms with Crippen molar-refractivity contribution in [1.29, 1.82) is 0 Å². The van der Waals surface area contributed by atoms with Crippen LogP contribution in [-0.4, -0.2) is 39.1 Å². The van der Waals surface area contributed by atoms with Crippen LogP contribution >= 0.6 is 0 Å². The van der Waals surface area contributed by atoms with Crippen LogP contribution in [0, 0.1) is 0 Å². The first-order valence-corrected chi connectivity index (χ1v) is 8.07. The maximum absolute atomic E-state index is 4.62. The Balaban J connectivity index is 1.38. The van der Waals surface area contributed by atoms with Gasteiger partial charge in [0.2, 0.25) is 5.95 Å². The molecule has 4 rings (SSSR count). The highest BCUT2D eigenvalue weighted by Gasteiger charge is 2.21. The number of nitrogens with zero attached hydrogens (tertiary/aromatic N) is 4. The van der Waals surface area contributed by atoms with E-state index in [1.54, 1.807) is 12.4 Å². The van der Waals surface area contributed by atoms with Gasteiger partial charge < -0.3 is 15.2 Å². The average molecular weight is 308 g/mol. The van der Waals surface area contributed by atoms with Gasteiger partial charge in [0.05, 0.1) is 17.6 Å². The van der Waals surface area contributed by atoms with Gasteiger partial charge in [0, 0.05) is 31.5 Å². The molecule has 6 heteroatoms. The summed E-state index contributed by atoms with van der Waals surface area (Å²) in [6.07, 6.45) is 5.92. The molecule has 3 heterocycles. The first-order valence-electron chi connectivity index (χ1n) is 8.07. The van der Waals surface area contributed by atoms with Crippen LogP contribution in [0.4, 0.5) is 5.95 Å². The van der Waals surface area contributed by atoms with Crippen molar-refractivity contribution in [3.63, 3.8) is 0 Å². The molecule has 1 fully saturated rings. The van der Waals surface area contributed by atoms with E-state index in [0.717, 1.165) is 48.9 Å². The van der Waals surface area contributed by atoms with Crippen LogP contribution in [0.3, 0.4) is 0 Å². The van der Waals surface area contributed by atoms with Gasteiger partial charge in [0.15, 0.2) is 0 Å². The normalized spacial score (nSPS) is 18.4. The number of aromatic nitrogens is 4. The highest BCUT2D eigenvalue weighted by Crippen LogP contribution is 2.16. The summed E-state index contributed by atoms with van der Waals surface area (Å²) >= 11 is 0. The molecule has 0 bridgehead atoms. The number of rotatable bonds is 4. The van der Waals surface area contributed by atoms with Gasteiger partial charge in [-0.1, -0.05) is 12.1 Å². The maximum atomic E-state index is 4.62. The van der Waals surface area contributed by atoms with Crippen molar-refractivity contribution in [2.75, 3.05) is 18.0 Å². The molecule has 1 atom stereocenters. The molecular weight excluding hydrogens is 288 g/mol. The van der Waals surface area contributed by atoms with Crippen LogP contribution in [-0.2, 0) is 6.54 Å². The van der Waals surface area contributed by atoms with Crippen molar-refractivity contribution in [1.82, 2.24) is 25.3 Å². The molecule has 0 radical (unpaired) electrons. The average Bonchev–Trinajstić information content (AvgIpc) is 3.04. The highest BCUT2D eigenvalue weighted by molar-refractivity contribution is 5.74. The van der Waals surface area contributed by atoms with E-state index in [2.05, 4.69) is 36.2 Å². The molecule has 1 aliphatic rings. The Kier molecular flexibility index (Phi) is 3.90. The summed E-state index contributed by atoms with van der Waals surface area (Å²) in [4.78, 5) is 18.9. The number of aromatic amines is 1. The number of benzene rings is 1. The van der Waals surface area contributed by atoms with Gasteiger partial charge in [-0.25, -0.2) is 15.0 Å². The first kappa shape index (κ1) is 14.1. The third kappa shape index (κ3) is 3.17. The van der Waals surface area contributed by atoms with Crippen molar-refractivity contribution in [2.45, 2.75) is 25.4 Å². The fourth-order valence-electron chi connectivity index (χ4n) is 3.11. The van der Waals surface area contributed by atoms with E-state index in [1.165, 1.54) is 6.42 Å². The smallest absolute Gasteiger partial charge is 0.225 e. The molecule has 0 aliphatic carbocycles. The van der Waals surface area contributed by atoms with Crippen LogP contribution in [0.5, 0.6) is 0 Å². The number of H-pyrrole nitrogens is 1. The maximum Gasteiger partial charge on any atom is 0.225 e. The minimum Gasteiger partial charge on any atom is -0.341 e. The summed E-state index contributed by atoms with van der Waals surface area (Å²) in [6.45, 7) is 2.71. The predicted octanol–water partition coefficient (Wildman–Crippen LogP) is 2.11. The number of hydrogen-bond donors (Lipinski definition) is 2. The van der Waals surface area contributed by atoms with Crippen LogP contribution in [0.2, 0.25) is 0 Å². The van der Waals surface area contributed by atoms with Crippen LogP contribution in [0.15, 0.2) is 42.7 Å². The number of para-hydroxylation sites is 2. The van der Waals surface area contributed by atoms with Gasteiger partial charge >= 0.3 is 0 Å². The van der Waals surface area contributed by atoms with Crippen molar-refractivity contribution in [3.05, 3.63) is 48.5 Å². The highest BCUT2D eigenvalue weighted by atomic mass is 15.3. The minimum absolute atomic E-state index is 0.431. The SMILES string of the molecule is c1cnc(N2CCCC(NCc3nc4ccccc4[nH]3)C2)nc1. The zero-order valence-corrected chi connectivity index (χ0v) is 12.9. The number of piperidine rings is 1. The van der Waals surface area contributed by atoms with Gasteiger partial charge in [-0.15, -0.1) is 0 Å². The molecule has 0 spiro atoms. The van der Waals surface area contributed by atoms with Gasteiger partial charge in [-0.3, -0.25) is 0 Å². The van der Waals surface area contributed by atoms with E-state index in [-0.39, 0.29) is 0 Å². The van der Waals surface area contributed by atoms with Gasteiger partial charge in [-0.05, 0) is 31.0 Å². The van der Waals surface area contributed by atoms with E-state index in [4.69, 9.17) is 0 Å². The second kappa shape index (κ2) is 6.34. The number of nitrogens with one attached hydrogen (secondary N) is 2. The summed E-state index contributed by atoms with van der Waals surface area (Å²) < 4.78 is 0. The van der Waals surface area contributed by atoms with E-state index in [9.17, 15) is 0 Å². The van der Waals surface area contributed by atoms with Crippen molar-refractivity contribution < 1.29 is 0 Å². The molecular formula is C17H20N6. The molecule has 1 aromatic carbocycles. The van der Waals surface area contributed by atoms with Crippen LogP contribution in [0.1, 0.15) is 18.7 Å². The van der Waals surface area contributed by atoms with E-state index in [1.807, 2.05) is 24.3 Å². The number of anilines is 1. The van der Waals surface area contributed by atoms with Gasteiger partial charge in [0.1, 0.15) is 5.82 Å². The Morgan fingerprint density at radius 2 is 2.04 bits per heavy atom. The molecule has 1 unspecified atom stereocenters. The van der Waals surface area contributed by atoms with Gasteiger partial charge in [0.25, 0.3) is 0 Å². The summed E-state index contributed by atoms with van der Waals surface area (Å²) in [5.74, 6) is 1.81. The van der Waals surface area contributed by atoms with E-state index >= 15 is 0 Å². The summed E-state index contributed by atoms with van der Waals surface area (Å²) in [6, 6.07) is 10.4. The number of fused-ring (bicyclic) bond motifs is 1. The molecule has 6 nitrogen and oxygen atoms in total. The Morgan fingerprint density at radius 1 is 1.17 bits per heavy atom. The standard InChI is InChI=1S/C17H20N6/c1-2-7-15-14(6-1)21-16(22-15)11-20-13-5-3-10-23(12-13)17-18-8-4-9-19-17/h1-2,4,6-9,13,20H,3,5,10-12H2,(H,21,22). The molecule has 118 valence electrons. The Bertz CT molecular complexity index is 736. The van der Waals surface area contributed by atoms with Crippen molar-refractivity contribution in [3.8, 4) is 0 Å². The monoisotopic (exact) mass is 308 g/mol. The largest absolute Gasteiger partial charge is 0.341 e. The van der Waals surface area contributed by atoms with Crippen LogP contribution in [0.25, 0.3) is 11.0 Å². The molecule has 2 N–H and O–H groups in total. The van der Waals surface area contributed by atoms with E-state index < -0.39 is 0 Å². The molecule has 1 aliphatic heterocycles. The summed E-state index contributed by atoms with van der Waals surface area (Å²) in [7, 11) is 0.